The topological polar surface area (TPSA) is 58.6 Å². The van der Waals surface area contributed by atoms with E-state index in [-0.39, 0.29) is 5.69 Å². The molecule has 0 fully saturated rings. The standard InChI is InChI=1S/C10H12FNO3/c1-6(13)10(14)12-8-5-7(11)3-4-9(8)15-2/h3-6,13H,1-2H3,(H,12,14). The monoisotopic (exact) mass is 213 g/mol. The van der Waals surface area contributed by atoms with E-state index in [2.05, 4.69) is 5.32 Å². The minimum atomic E-state index is -1.15. The lowest BCUT2D eigenvalue weighted by Crippen LogP contribution is -2.24. The van der Waals surface area contributed by atoms with E-state index in [1.54, 1.807) is 0 Å². The second-order valence-electron chi connectivity index (χ2n) is 3.01. The Labute approximate surface area is 86.7 Å². The number of carbonyl (C=O) groups excluding carboxylic acids is 1. The molecule has 0 spiro atoms. The molecule has 1 aromatic rings. The number of halogens is 1. The quantitative estimate of drug-likeness (QED) is 0.791. The maximum absolute atomic E-state index is 12.9. The van der Waals surface area contributed by atoms with E-state index < -0.39 is 17.8 Å². The van der Waals surface area contributed by atoms with Gasteiger partial charge in [-0.3, -0.25) is 4.79 Å². The zero-order chi connectivity index (χ0) is 11.4. The second-order valence-corrected chi connectivity index (χ2v) is 3.01. The normalized spacial score (nSPS) is 12.0. The van der Waals surface area contributed by atoms with E-state index >= 15 is 0 Å². The number of rotatable bonds is 3. The Kier molecular flexibility index (Phi) is 3.62. The number of carbonyl (C=O) groups is 1. The van der Waals surface area contributed by atoms with Gasteiger partial charge in [-0.1, -0.05) is 0 Å². The summed E-state index contributed by atoms with van der Waals surface area (Å²) in [5.74, 6) is -0.763. The van der Waals surface area contributed by atoms with Crippen molar-refractivity contribution in [3.8, 4) is 5.75 Å². The first-order valence-electron chi connectivity index (χ1n) is 4.37. The van der Waals surface area contributed by atoms with E-state index in [9.17, 15) is 9.18 Å². The van der Waals surface area contributed by atoms with Crippen LogP contribution in [0.5, 0.6) is 5.75 Å². The van der Waals surface area contributed by atoms with Gasteiger partial charge in [0.1, 0.15) is 17.7 Å². The second kappa shape index (κ2) is 4.75. The summed E-state index contributed by atoms with van der Waals surface area (Å²) in [6.07, 6.45) is -1.15. The number of amides is 1. The van der Waals surface area contributed by atoms with Gasteiger partial charge in [0.25, 0.3) is 5.91 Å². The van der Waals surface area contributed by atoms with Crippen LogP contribution in [0.2, 0.25) is 0 Å². The molecule has 1 aromatic carbocycles. The first kappa shape index (κ1) is 11.5. The maximum Gasteiger partial charge on any atom is 0.253 e. The predicted octanol–water partition coefficient (Wildman–Crippen LogP) is 1.15. The smallest absolute Gasteiger partial charge is 0.253 e. The van der Waals surface area contributed by atoms with Crippen molar-refractivity contribution in [3.63, 3.8) is 0 Å². The van der Waals surface area contributed by atoms with E-state index in [1.807, 2.05) is 0 Å². The lowest BCUT2D eigenvalue weighted by molar-refractivity contribution is -0.123. The average Bonchev–Trinajstić information content (AvgIpc) is 2.18. The molecule has 1 amide bonds. The molecule has 0 bridgehead atoms. The minimum Gasteiger partial charge on any atom is -0.495 e. The largest absolute Gasteiger partial charge is 0.495 e. The Bertz CT molecular complexity index is 366. The third-order valence-corrected chi connectivity index (χ3v) is 1.80. The highest BCUT2D eigenvalue weighted by molar-refractivity contribution is 5.94. The van der Waals surface area contributed by atoms with E-state index in [1.165, 1.54) is 26.2 Å². The number of aliphatic hydroxyl groups excluding tert-OH is 1. The van der Waals surface area contributed by atoms with E-state index in [0.29, 0.717) is 5.75 Å². The molecule has 1 atom stereocenters. The summed E-state index contributed by atoms with van der Waals surface area (Å²) >= 11 is 0. The first-order valence-corrected chi connectivity index (χ1v) is 4.37. The highest BCUT2D eigenvalue weighted by Gasteiger charge is 2.12. The number of ether oxygens (including phenoxy) is 1. The summed E-state index contributed by atoms with van der Waals surface area (Å²) in [6, 6.07) is 3.74. The molecule has 0 aliphatic heterocycles. The van der Waals surface area contributed by atoms with Gasteiger partial charge < -0.3 is 15.2 Å². The molecular formula is C10H12FNO3. The van der Waals surface area contributed by atoms with E-state index in [0.717, 1.165) is 6.07 Å². The zero-order valence-electron chi connectivity index (χ0n) is 8.45. The van der Waals surface area contributed by atoms with Gasteiger partial charge in [-0.05, 0) is 19.1 Å². The van der Waals surface area contributed by atoms with Crippen LogP contribution in [0.25, 0.3) is 0 Å². The molecule has 82 valence electrons. The Morgan fingerprint density at radius 2 is 2.27 bits per heavy atom. The number of methoxy groups -OCH3 is 1. The van der Waals surface area contributed by atoms with Crippen molar-refractivity contribution in [2.45, 2.75) is 13.0 Å². The third kappa shape index (κ3) is 2.92. The molecule has 4 nitrogen and oxygen atoms in total. The summed E-state index contributed by atoms with van der Waals surface area (Å²) in [5, 5.41) is 11.3. The fraction of sp³-hybridized carbons (Fsp3) is 0.300. The molecule has 15 heavy (non-hydrogen) atoms. The number of hydrogen-bond donors (Lipinski definition) is 2. The van der Waals surface area contributed by atoms with Gasteiger partial charge in [-0.15, -0.1) is 0 Å². The van der Waals surface area contributed by atoms with Crippen LogP contribution in [0, 0.1) is 5.82 Å². The van der Waals surface area contributed by atoms with Crippen LogP contribution in [-0.2, 0) is 4.79 Å². The minimum absolute atomic E-state index is 0.198. The summed E-state index contributed by atoms with van der Waals surface area (Å²) < 4.78 is 17.8. The van der Waals surface area contributed by atoms with Gasteiger partial charge in [-0.25, -0.2) is 4.39 Å². The van der Waals surface area contributed by atoms with Crippen LogP contribution in [0.4, 0.5) is 10.1 Å². The van der Waals surface area contributed by atoms with Crippen LogP contribution < -0.4 is 10.1 Å². The van der Waals surface area contributed by atoms with Gasteiger partial charge in [-0.2, -0.15) is 0 Å². The number of anilines is 1. The maximum atomic E-state index is 12.9. The SMILES string of the molecule is COc1ccc(F)cc1NC(=O)C(C)O. The van der Waals surface area contributed by atoms with Crippen molar-refractivity contribution in [2.24, 2.45) is 0 Å². The van der Waals surface area contributed by atoms with Crippen LogP contribution in [0.15, 0.2) is 18.2 Å². The van der Waals surface area contributed by atoms with Crippen molar-refractivity contribution < 1.29 is 19.0 Å². The van der Waals surface area contributed by atoms with Gasteiger partial charge >= 0.3 is 0 Å². The van der Waals surface area contributed by atoms with Crippen molar-refractivity contribution in [1.82, 2.24) is 0 Å². The van der Waals surface area contributed by atoms with Crippen LogP contribution in [-0.4, -0.2) is 24.2 Å². The molecule has 1 rings (SSSR count). The lowest BCUT2D eigenvalue weighted by atomic mass is 10.2. The number of benzene rings is 1. The molecule has 2 N–H and O–H groups in total. The van der Waals surface area contributed by atoms with Crippen LogP contribution in [0.1, 0.15) is 6.92 Å². The average molecular weight is 213 g/mol. The first-order chi connectivity index (χ1) is 7.04. The number of hydrogen-bond acceptors (Lipinski definition) is 3. The van der Waals surface area contributed by atoms with Gasteiger partial charge in [0.05, 0.1) is 12.8 Å². The Hall–Kier alpha value is -1.62. The van der Waals surface area contributed by atoms with Crippen molar-refractivity contribution in [3.05, 3.63) is 24.0 Å². The van der Waals surface area contributed by atoms with Gasteiger partial charge in [0, 0.05) is 6.07 Å². The summed E-state index contributed by atoms with van der Waals surface area (Å²) in [6.45, 7) is 1.32. The molecule has 5 heteroatoms. The summed E-state index contributed by atoms with van der Waals surface area (Å²) in [4.78, 5) is 11.2. The molecule has 0 aromatic heterocycles. The fourth-order valence-corrected chi connectivity index (χ4v) is 1.02. The van der Waals surface area contributed by atoms with Crippen molar-refractivity contribution >= 4 is 11.6 Å². The molecule has 1 unspecified atom stereocenters. The predicted molar refractivity (Wildman–Crippen MR) is 53.3 cm³/mol. The van der Waals surface area contributed by atoms with Crippen LogP contribution >= 0.6 is 0 Å². The van der Waals surface area contributed by atoms with Crippen molar-refractivity contribution in [2.75, 3.05) is 12.4 Å². The highest BCUT2D eigenvalue weighted by atomic mass is 19.1. The molecule has 0 radical (unpaired) electrons. The molecule has 0 saturated carbocycles. The Morgan fingerprint density at radius 3 is 2.80 bits per heavy atom. The number of nitrogens with one attached hydrogen (secondary N) is 1. The molecule has 0 heterocycles. The Balaban J connectivity index is 2.92. The van der Waals surface area contributed by atoms with Crippen molar-refractivity contribution in [1.29, 1.82) is 0 Å². The molecule has 0 aliphatic carbocycles. The zero-order valence-corrected chi connectivity index (χ0v) is 8.45. The van der Waals surface area contributed by atoms with Crippen LogP contribution in [0.3, 0.4) is 0 Å². The van der Waals surface area contributed by atoms with Gasteiger partial charge in [0.2, 0.25) is 0 Å². The van der Waals surface area contributed by atoms with Gasteiger partial charge in [0.15, 0.2) is 0 Å². The molecule has 0 saturated heterocycles. The Morgan fingerprint density at radius 1 is 1.60 bits per heavy atom. The van der Waals surface area contributed by atoms with E-state index in [4.69, 9.17) is 9.84 Å². The summed E-state index contributed by atoms with van der Waals surface area (Å²) in [7, 11) is 1.41. The number of aliphatic hydroxyl groups is 1. The highest BCUT2D eigenvalue weighted by Crippen LogP contribution is 2.24. The lowest BCUT2D eigenvalue weighted by Gasteiger charge is -2.11. The molecular weight excluding hydrogens is 201 g/mol. The summed E-state index contributed by atoms with van der Waals surface area (Å²) in [5.41, 5.74) is 0.198. The molecule has 0 aliphatic rings. The third-order valence-electron chi connectivity index (χ3n) is 1.80. The fourth-order valence-electron chi connectivity index (χ4n) is 1.02.